The van der Waals surface area contributed by atoms with Gasteiger partial charge >= 0.3 is 0 Å². The number of halogens is 1. The Labute approximate surface area is 124 Å². The van der Waals surface area contributed by atoms with Gasteiger partial charge in [0.05, 0.1) is 0 Å². The van der Waals surface area contributed by atoms with Crippen LogP contribution in [0.4, 0.5) is 4.39 Å². The third-order valence-electron chi connectivity index (χ3n) is 2.82. The predicted molar refractivity (Wildman–Crippen MR) is 79.4 cm³/mol. The van der Waals surface area contributed by atoms with E-state index in [4.69, 9.17) is 4.74 Å². The van der Waals surface area contributed by atoms with Gasteiger partial charge in [0.1, 0.15) is 6.61 Å². The van der Waals surface area contributed by atoms with E-state index < -0.39 is 0 Å². The predicted octanol–water partition coefficient (Wildman–Crippen LogP) is 3.08. The Bertz CT molecular complexity index is 582. The summed E-state index contributed by atoms with van der Waals surface area (Å²) in [6.45, 7) is 6.86. The number of benzene rings is 1. The third-order valence-corrected chi connectivity index (χ3v) is 2.82. The summed E-state index contributed by atoms with van der Waals surface area (Å²) in [6.07, 6.45) is 3.27. The Morgan fingerprint density at radius 3 is 2.52 bits per heavy atom. The van der Waals surface area contributed by atoms with E-state index in [-0.39, 0.29) is 23.7 Å². The molecule has 2 rings (SSSR count). The van der Waals surface area contributed by atoms with Crippen LogP contribution < -0.4 is 10.1 Å². The van der Waals surface area contributed by atoms with Gasteiger partial charge in [0.25, 0.3) is 0 Å². The molecule has 0 saturated carbocycles. The lowest BCUT2D eigenvalue weighted by atomic mass is 10.1. The van der Waals surface area contributed by atoms with Crippen molar-refractivity contribution in [2.45, 2.75) is 39.5 Å². The molecule has 112 valence electrons. The highest BCUT2D eigenvalue weighted by Gasteiger charge is 2.14. The summed E-state index contributed by atoms with van der Waals surface area (Å²) in [5.41, 5.74) is 0.729. The lowest BCUT2D eigenvalue weighted by Crippen LogP contribution is -2.35. The van der Waals surface area contributed by atoms with Crippen LogP contribution in [0.3, 0.4) is 0 Å². The van der Waals surface area contributed by atoms with Crippen molar-refractivity contribution >= 4 is 0 Å². The molecule has 0 saturated heterocycles. The molecule has 0 unspecified atom stereocenters. The maximum Gasteiger partial charge on any atom is 0.166 e. The molecule has 0 spiro atoms. The molecule has 0 aliphatic carbocycles. The summed E-state index contributed by atoms with van der Waals surface area (Å²) < 4.78 is 19.6. The zero-order valence-electron chi connectivity index (χ0n) is 12.6. The van der Waals surface area contributed by atoms with Crippen molar-refractivity contribution in [3.05, 3.63) is 53.9 Å². The molecule has 21 heavy (non-hydrogen) atoms. The van der Waals surface area contributed by atoms with Crippen molar-refractivity contribution in [1.29, 1.82) is 0 Å². The van der Waals surface area contributed by atoms with Gasteiger partial charge in [0, 0.05) is 30.0 Å². The highest BCUT2D eigenvalue weighted by molar-refractivity contribution is 5.35. The minimum atomic E-state index is -0.376. The smallest absolute Gasteiger partial charge is 0.166 e. The molecule has 1 N–H and O–H groups in total. The molecule has 0 radical (unpaired) electrons. The number of hydrogen-bond acceptors (Lipinski definition) is 4. The lowest BCUT2D eigenvalue weighted by Gasteiger charge is -2.21. The molecule has 0 amide bonds. The second-order valence-corrected chi connectivity index (χ2v) is 5.79. The van der Waals surface area contributed by atoms with E-state index >= 15 is 0 Å². The minimum Gasteiger partial charge on any atom is -0.482 e. The Hall–Kier alpha value is -2.01. The van der Waals surface area contributed by atoms with Crippen LogP contribution in [0.15, 0.2) is 36.7 Å². The molecule has 0 aliphatic heterocycles. The molecular formula is C16H20FN3O. The van der Waals surface area contributed by atoms with Crippen molar-refractivity contribution in [1.82, 2.24) is 15.3 Å². The molecular weight excluding hydrogens is 269 g/mol. The molecule has 5 heteroatoms. The molecule has 0 atom stereocenters. The summed E-state index contributed by atoms with van der Waals surface area (Å²) in [7, 11) is 0. The first-order valence-corrected chi connectivity index (χ1v) is 6.87. The van der Waals surface area contributed by atoms with Crippen molar-refractivity contribution in [2.75, 3.05) is 0 Å². The van der Waals surface area contributed by atoms with E-state index in [1.54, 1.807) is 24.5 Å². The minimum absolute atomic E-state index is 0.0495. The van der Waals surface area contributed by atoms with Crippen LogP contribution in [-0.4, -0.2) is 15.5 Å². The maximum absolute atomic E-state index is 14.0. The van der Waals surface area contributed by atoms with Gasteiger partial charge in [-0.1, -0.05) is 12.1 Å². The SMILES string of the molecule is CC(C)(C)NCc1cccc(F)c1OCc1ncccn1. The second-order valence-electron chi connectivity index (χ2n) is 5.79. The molecule has 0 aliphatic rings. The molecule has 2 aromatic rings. The largest absolute Gasteiger partial charge is 0.482 e. The quantitative estimate of drug-likeness (QED) is 0.919. The monoisotopic (exact) mass is 289 g/mol. The van der Waals surface area contributed by atoms with Crippen molar-refractivity contribution in [2.24, 2.45) is 0 Å². The Morgan fingerprint density at radius 1 is 1.14 bits per heavy atom. The highest BCUT2D eigenvalue weighted by Crippen LogP contribution is 2.24. The van der Waals surface area contributed by atoms with Gasteiger partial charge in [-0.2, -0.15) is 0 Å². The number of nitrogens with zero attached hydrogens (tertiary/aromatic N) is 2. The van der Waals surface area contributed by atoms with Gasteiger partial charge in [-0.05, 0) is 32.9 Å². The number of nitrogens with one attached hydrogen (secondary N) is 1. The summed E-state index contributed by atoms with van der Waals surface area (Å²) in [5, 5.41) is 3.33. The van der Waals surface area contributed by atoms with E-state index in [0.717, 1.165) is 5.56 Å². The van der Waals surface area contributed by atoms with Crippen LogP contribution in [0.25, 0.3) is 0 Å². The molecule has 0 bridgehead atoms. The van der Waals surface area contributed by atoms with E-state index in [2.05, 4.69) is 36.1 Å². The average molecular weight is 289 g/mol. The Kier molecular flexibility index (Phi) is 4.85. The topological polar surface area (TPSA) is 47.0 Å². The zero-order valence-corrected chi connectivity index (χ0v) is 12.6. The average Bonchev–Trinajstić information content (AvgIpc) is 2.44. The van der Waals surface area contributed by atoms with Crippen LogP contribution >= 0.6 is 0 Å². The molecule has 1 aromatic carbocycles. The van der Waals surface area contributed by atoms with Gasteiger partial charge in [0.2, 0.25) is 0 Å². The van der Waals surface area contributed by atoms with Crippen LogP contribution in [0.5, 0.6) is 5.75 Å². The van der Waals surface area contributed by atoms with E-state index in [1.807, 2.05) is 6.07 Å². The third kappa shape index (κ3) is 4.79. The van der Waals surface area contributed by atoms with Crippen LogP contribution in [-0.2, 0) is 13.2 Å². The van der Waals surface area contributed by atoms with Crippen molar-refractivity contribution < 1.29 is 9.13 Å². The summed E-state index contributed by atoms with van der Waals surface area (Å²) >= 11 is 0. The number of hydrogen-bond donors (Lipinski definition) is 1. The van der Waals surface area contributed by atoms with Crippen LogP contribution in [0.2, 0.25) is 0 Å². The summed E-state index contributed by atoms with van der Waals surface area (Å²) in [5.74, 6) is 0.399. The fourth-order valence-electron chi connectivity index (χ4n) is 1.76. The Morgan fingerprint density at radius 2 is 1.86 bits per heavy atom. The van der Waals surface area contributed by atoms with E-state index in [1.165, 1.54) is 6.07 Å². The van der Waals surface area contributed by atoms with E-state index in [9.17, 15) is 4.39 Å². The first-order valence-electron chi connectivity index (χ1n) is 6.87. The molecule has 4 nitrogen and oxygen atoms in total. The molecule has 0 fully saturated rings. The zero-order chi connectivity index (χ0) is 15.3. The standard InChI is InChI=1S/C16H20FN3O/c1-16(2,3)20-10-12-6-4-7-13(17)15(12)21-11-14-18-8-5-9-19-14/h4-9,20H,10-11H2,1-3H3. The number of rotatable bonds is 5. The Balaban J connectivity index is 2.10. The van der Waals surface area contributed by atoms with Crippen LogP contribution in [0.1, 0.15) is 32.2 Å². The molecule has 1 aromatic heterocycles. The summed E-state index contributed by atoms with van der Waals surface area (Å²) in [6, 6.07) is 6.65. The van der Waals surface area contributed by atoms with E-state index in [0.29, 0.717) is 12.4 Å². The van der Waals surface area contributed by atoms with Gasteiger partial charge in [0.15, 0.2) is 17.4 Å². The van der Waals surface area contributed by atoms with Gasteiger partial charge in [-0.15, -0.1) is 0 Å². The van der Waals surface area contributed by atoms with Gasteiger partial charge < -0.3 is 10.1 Å². The van der Waals surface area contributed by atoms with Crippen LogP contribution in [0, 0.1) is 5.82 Å². The fourth-order valence-corrected chi connectivity index (χ4v) is 1.76. The van der Waals surface area contributed by atoms with Crippen molar-refractivity contribution in [3.63, 3.8) is 0 Å². The molecule has 1 heterocycles. The van der Waals surface area contributed by atoms with Crippen molar-refractivity contribution in [3.8, 4) is 5.75 Å². The van der Waals surface area contributed by atoms with Gasteiger partial charge in [-0.25, -0.2) is 14.4 Å². The second kappa shape index (κ2) is 6.63. The van der Waals surface area contributed by atoms with Gasteiger partial charge in [-0.3, -0.25) is 0 Å². The number of aromatic nitrogens is 2. The first-order chi connectivity index (χ1) is 9.96. The maximum atomic E-state index is 14.0. The number of ether oxygens (including phenoxy) is 1. The fraction of sp³-hybridized carbons (Fsp3) is 0.375. The normalized spacial score (nSPS) is 11.4. The summed E-state index contributed by atoms with van der Waals surface area (Å²) in [4.78, 5) is 8.13. The number of para-hydroxylation sites is 1. The highest BCUT2D eigenvalue weighted by atomic mass is 19.1. The lowest BCUT2D eigenvalue weighted by molar-refractivity contribution is 0.275. The first kappa shape index (κ1) is 15.4.